The third-order valence-corrected chi connectivity index (χ3v) is 4.65. The molecule has 0 radical (unpaired) electrons. The average Bonchev–Trinajstić information content (AvgIpc) is 2.73. The van der Waals surface area contributed by atoms with Crippen LogP contribution in [0, 0.1) is 0 Å². The fourth-order valence-electron chi connectivity index (χ4n) is 3.03. The fourth-order valence-corrected chi connectivity index (χ4v) is 3.14. The summed E-state index contributed by atoms with van der Waals surface area (Å²) in [5.74, 6) is 2.28. The number of hydrogen-bond acceptors (Lipinski definition) is 2. The molecule has 0 N–H and O–H groups in total. The molecule has 0 atom stereocenters. The maximum absolute atomic E-state index is 6.26. The van der Waals surface area contributed by atoms with Crippen molar-refractivity contribution in [3.63, 3.8) is 0 Å². The second kappa shape index (κ2) is 10.0. The first-order valence-electron chi connectivity index (χ1n) is 9.39. The molecule has 0 spiro atoms. The molecule has 2 nitrogen and oxygen atoms in total. The molecule has 3 aromatic carbocycles. The van der Waals surface area contributed by atoms with Crippen molar-refractivity contribution in [3.05, 3.63) is 83.9 Å². The molecular weight excluding hydrogens is 356 g/mol. The summed E-state index contributed by atoms with van der Waals surface area (Å²) in [7, 11) is 0. The smallest absolute Gasteiger partial charge is 0.131 e. The van der Waals surface area contributed by atoms with E-state index < -0.39 is 0 Å². The Balaban J connectivity index is 1.95. The Kier molecular flexibility index (Phi) is 7.18. The van der Waals surface area contributed by atoms with Crippen LogP contribution in [0.15, 0.2) is 72.8 Å². The number of halogens is 1. The van der Waals surface area contributed by atoms with Crippen molar-refractivity contribution >= 4 is 11.6 Å². The highest BCUT2D eigenvalue weighted by Crippen LogP contribution is 2.38. The molecule has 0 saturated carbocycles. The molecule has 27 heavy (non-hydrogen) atoms. The number of aryl methyl sites for hydroxylation is 1. The van der Waals surface area contributed by atoms with E-state index in [9.17, 15) is 0 Å². The van der Waals surface area contributed by atoms with E-state index in [0.717, 1.165) is 41.0 Å². The predicted octanol–water partition coefficient (Wildman–Crippen LogP) is 6.50. The second-order valence-electron chi connectivity index (χ2n) is 6.34. The zero-order valence-electron chi connectivity index (χ0n) is 15.7. The average molecular weight is 381 g/mol. The van der Waals surface area contributed by atoms with E-state index in [1.54, 1.807) is 0 Å². The molecule has 0 unspecified atom stereocenters. The lowest BCUT2D eigenvalue weighted by atomic mass is 9.96. The molecular formula is C24H25ClO2. The summed E-state index contributed by atoms with van der Waals surface area (Å²) < 4.78 is 12.2. The number of hydrogen-bond donors (Lipinski definition) is 0. The van der Waals surface area contributed by atoms with Gasteiger partial charge in [0.05, 0.1) is 6.61 Å². The van der Waals surface area contributed by atoms with Gasteiger partial charge < -0.3 is 9.47 Å². The van der Waals surface area contributed by atoms with E-state index in [1.165, 1.54) is 5.56 Å². The van der Waals surface area contributed by atoms with Crippen LogP contribution in [0.1, 0.15) is 24.5 Å². The zero-order valence-corrected chi connectivity index (χ0v) is 16.4. The molecule has 0 aliphatic rings. The van der Waals surface area contributed by atoms with Crippen LogP contribution in [-0.2, 0) is 13.0 Å². The molecule has 0 amide bonds. The van der Waals surface area contributed by atoms with E-state index in [0.29, 0.717) is 19.1 Å². The van der Waals surface area contributed by atoms with Crippen LogP contribution < -0.4 is 9.47 Å². The third kappa shape index (κ3) is 5.27. The molecule has 0 heterocycles. The number of rotatable bonds is 9. The van der Waals surface area contributed by atoms with Gasteiger partial charge in [-0.2, -0.15) is 0 Å². The van der Waals surface area contributed by atoms with Crippen molar-refractivity contribution in [2.45, 2.75) is 26.4 Å². The van der Waals surface area contributed by atoms with Crippen molar-refractivity contribution in [1.29, 1.82) is 0 Å². The van der Waals surface area contributed by atoms with Crippen molar-refractivity contribution in [2.75, 3.05) is 12.5 Å². The number of ether oxygens (including phenoxy) is 2. The first kappa shape index (κ1) is 19.3. The molecule has 140 valence electrons. The molecule has 0 fully saturated rings. The minimum atomic E-state index is 0.523. The van der Waals surface area contributed by atoms with Gasteiger partial charge in [-0.15, -0.1) is 11.6 Å². The maximum atomic E-state index is 6.26. The standard InChI is InChI=1S/C24H25ClO2/c1-2-20-16-22(26-15-9-14-25)17-23(24(20)21-12-7-4-8-13-21)27-18-19-10-5-3-6-11-19/h3-8,10-13,16-17H,2,9,14-15,18H2,1H3. The van der Waals surface area contributed by atoms with E-state index in [1.807, 2.05) is 30.3 Å². The van der Waals surface area contributed by atoms with E-state index in [2.05, 4.69) is 49.4 Å². The highest BCUT2D eigenvalue weighted by atomic mass is 35.5. The first-order chi connectivity index (χ1) is 13.3. The molecule has 3 heteroatoms. The largest absolute Gasteiger partial charge is 0.493 e. The summed E-state index contributed by atoms with van der Waals surface area (Å²) >= 11 is 5.78. The van der Waals surface area contributed by atoms with Gasteiger partial charge in [-0.3, -0.25) is 0 Å². The molecule has 0 aliphatic heterocycles. The van der Waals surface area contributed by atoms with Gasteiger partial charge in [0.1, 0.15) is 18.1 Å². The minimum Gasteiger partial charge on any atom is -0.493 e. The topological polar surface area (TPSA) is 18.5 Å². The summed E-state index contributed by atoms with van der Waals surface area (Å²) in [5, 5.41) is 0. The van der Waals surface area contributed by atoms with Gasteiger partial charge in [-0.05, 0) is 35.6 Å². The molecule has 3 aromatic rings. The predicted molar refractivity (Wildman–Crippen MR) is 113 cm³/mol. The highest BCUT2D eigenvalue weighted by Gasteiger charge is 2.14. The van der Waals surface area contributed by atoms with Gasteiger partial charge in [-0.1, -0.05) is 67.6 Å². The Morgan fingerprint density at radius 2 is 1.56 bits per heavy atom. The lowest BCUT2D eigenvalue weighted by Gasteiger charge is -2.18. The van der Waals surface area contributed by atoms with E-state index in [4.69, 9.17) is 21.1 Å². The van der Waals surface area contributed by atoms with Gasteiger partial charge in [0, 0.05) is 17.5 Å². The zero-order chi connectivity index (χ0) is 18.9. The SMILES string of the molecule is CCc1cc(OCCCCl)cc(OCc2ccccc2)c1-c1ccccc1. The fraction of sp³-hybridized carbons (Fsp3) is 0.250. The van der Waals surface area contributed by atoms with Crippen LogP contribution in [0.5, 0.6) is 11.5 Å². The van der Waals surface area contributed by atoms with Crippen LogP contribution in [0.4, 0.5) is 0 Å². The van der Waals surface area contributed by atoms with E-state index >= 15 is 0 Å². The van der Waals surface area contributed by atoms with Crippen molar-refractivity contribution in [1.82, 2.24) is 0 Å². The molecule has 3 rings (SSSR count). The Bertz CT molecular complexity index is 832. The van der Waals surface area contributed by atoms with Gasteiger partial charge in [-0.25, -0.2) is 0 Å². The minimum absolute atomic E-state index is 0.523. The van der Waals surface area contributed by atoms with Crippen LogP contribution >= 0.6 is 11.6 Å². The summed E-state index contributed by atoms with van der Waals surface area (Å²) in [5.41, 5.74) is 4.65. The van der Waals surface area contributed by atoms with Crippen molar-refractivity contribution < 1.29 is 9.47 Å². The Hall–Kier alpha value is -2.45. The normalized spacial score (nSPS) is 10.6. The van der Waals surface area contributed by atoms with E-state index in [-0.39, 0.29) is 0 Å². The van der Waals surface area contributed by atoms with Crippen molar-refractivity contribution in [3.8, 4) is 22.6 Å². The molecule has 0 bridgehead atoms. The third-order valence-electron chi connectivity index (χ3n) is 4.38. The summed E-state index contributed by atoms with van der Waals surface area (Å²) in [6.45, 7) is 3.29. The second-order valence-corrected chi connectivity index (χ2v) is 6.72. The van der Waals surface area contributed by atoms with Crippen molar-refractivity contribution in [2.24, 2.45) is 0 Å². The summed E-state index contributed by atoms with van der Waals surface area (Å²) in [4.78, 5) is 0. The Morgan fingerprint density at radius 3 is 2.22 bits per heavy atom. The van der Waals surface area contributed by atoms with Crippen LogP contribution in [0.2, 0.25) is 0 Å². The summed E-state index contributed by atoms with van der Waals surface area (Å²) in [6.07, 6.45) is 1.72. The van der Waals surface area contributed by atoms with Gasteiger partial charge >= 0.3 is 0 Å². The monoisotopic (exact) mass is 380 g/mol. The van der Waals surface area contributed by atoms with Crippen LogP contribution in [0.3, 0.4) is 0 Å². The maximum Gasteiger partial charge on any atom is 0.131 e. The lowest BCUT2D eigenvalue weighted by Crippen LogP contribution is -2.03. The van der Waals surface area contributed by atoms with Gasteiger partial charge in [0.2, 0.25) is 0 Å². The Morgan fingerprint density at radius 1 is 0.852 bits per heavy atom. The molecule has 0 aromatic heterocycles. The molecule has 0 saturated heterocycles. The number of benzene rings is 3. The van der Waals surface area contributed by atoms with Gasteiger partial charge in [0.25, 0.3) is 0 Å². The molecule has 0 aliphatic carbocycles. The highest BCUT2D eigenvalue weighted by molar-refractivity contribution is 6.17. The lowest BCUT2D eigenvalue weighted by molar-refractivity contribution is 0.295. The van der Waals surface area contributed by atoms with Crippen LogP contribution in [0.25, 0.3) is 11.1 Å². The quantitative estimate of drug-likeness (QED) is 0.311. The first-order valence-corrected chi connectivity index (χ1v) is 9.93. The van der Waals surface area contributed by atoms with Gasteiger partial charge in [0.15, 0.2) is 0 Å². The number of alkyl halides is 1. The Labute approximate surface area is 166 Å². The summed E-state index contributed by atoms with van der Waals surface area (Å²) in [6, 6.07) is 24.7. The van der Waals surface area contributed by atoms with Crippen LogP contribution in [-0.4, -0.2) is 12.5 Å².